The van der Waals surface area contributed by atoms with Gasteiger partial charge in [0.25, 0.3) is 0 Å². The number of ether oxygens (including phenoxy) is 1. The van der Waals surface area contributed by atoms with E-state index >= 15 is 0 Å². The van der Waals surface area contributed by atoms with Crippen LogP contribution in [0.15, 0.2) is 35.2 Å². The van der Waals surface area contributed by atoms with E-state index in [4.69, 9.17) is 4.74 Å². The molecule has 1 aromatic heterocycles. The van der Waals surface area contributed by atoms with Gasteiger partial charge in [0.15, 0.2) is 6.61 Å². The van der Waals surface area contributed by atoms with Crippen LogP contribution < -0.4 is 4.72 Å². The van der Waals surface area contributed by atoms with Crippen LogP contribution >= 0.6 is 0 Å². The van der Waals surface area contributed by atoms with Crippen LogP contribution in [-0.4, -0.2) is 38.4 Å². The average molecular weight is 390 g/mol. The van der Waals surface area contributed by atoms with Crippen molar-refractivity contribution in [3.05, 3.63) is 52.8 Å². The first-order valence-corrected chi connectivity index (χ1v) is 10.1. The van der Waals surface area contributed by atoms with E-state index in [1.54, 1.807) is 0 Å². The molecule has 0 aliphatic heterocycles. The molecule has 0 amide bonds. The van der Waals surface area contributed by atoms with Crippen LogP contribution in [0, 0.1) is 13.8 Å². The predicted octanol–water partition coefficient (Wildman–Crippen LogP) is 2.39. The molecule has 7 nitrogen and oxygen atoms in total. The Balaban J connectivity index is 1.70. The van der Waals surface area contributed by atoms with Crippen LogP contribution in [0.25, 0.3) is 0 Å². The first-order valence-electron chi connectivity index (χ1n) is 8.67. The molecule has 1 aromatic carbocycles. The molecule has 0 atom stereocenters. The molecule has 1 aliphatic carbocycles. The summed E-state index contributed by atoms with van der Waals surface area (Å²) in [6.07, 6.45) is 2.23. The predicted molar refractivity (Wildman–Crippen MR) is 99.5 cm³/mol. The Bertz CT molecular complexity index is 1000. The van der Waals surface area contributed by atoms with E-state index in [9.17, 15) is 18.0 Å². The Morgan fingerprint density at radius 1 is 1.22 bits per heavy atom. The van der Waals surface area contributed by atoms with Crippen LogP contribution in [0.3, 0.4) is 0 Å². The molecule has 0 bridgehead atoms. The highest BCUT2D eigenvalue weighted by Crippen LogP contribution is 2.38. The highest BCUT2D eigenvalue weighted by Gasteiger charge is 2.28. The summed E-state index contributed by atoms with van der Waals surface area (Å²) in [5, 5.41) is 0. The molecule has 0 unspecified atom stereocenters. The topological polar surface area (TPSA) is 94.5 Å². The van der Waals surface area contributed by atoms with Crippen molar-refractivity contribution in [2.24, 2.45) is 0 Å². The van der Waals surface area contributed by atoms with Crippen molar-refractivity contribution >= 4 is 21.8 Å². The third-order valence-electron chi connectivity index (χ3n) is 4.68. The average Bonchev–Trinajstić information content (AvgIpc) is 3.44. The van der Waals surface area contributed by atoms with E-state index in [0.29, 0.717) is 11.6 Å². The minimum Gasteiger partial charge on any atom is -0.454 e. The smallest absolute Gasteiger partial charge is 0.338 e. The fourth-order valence-corrected chi connectivity index (χ4v) is 3.93. The number of nitrogens with zero attached hydrogens (tertiary/aromatic N) is 1. The minimum atomic E-state index is -3.67. The zero-order valence-corrected chi connectivity index (χ0v) is 16.3. The number of rotatable bonds is 7. The van der Waals surface area contributed by atoms with Gasteiger partial charge < -0.3 is 9.30 Å². The van der Waals surface area contributed by atoms with Gasteiger partial charge in [0.05, 0.1) is 10.5 Å². The van der Waals surface area contributed by atoms with Crippen molar-refractivity contribution in [1.29, 1.82) is 0 Å². The van der Waals surface area contributed by atoms with Gasteiger partial charge in [-0.1, -0.05) is 6.07 Å². The van der Waals surface area contributed by atoms with Gasteiger partial charge in [0, 0.05) is 23.0 Å². The number of esters is 1. The zero-order valence-electron chi connectivity index (χ0n) is 15.5. The summed E-state index contributed by atoms with van der Waals surface area (Å²) in [6, 6.07) is 7.78. The summed E-state index contributed by atoms with van der Waals surface area (Å²) < 4.78 is 33.1. The quantitative estimate of drug-likeness (QED) is 0.579. The number of aromatic nitrogens is 1. The second kappa shape index (κ2) is 7.28. The number of hydrogen-bond acceptors (Lipinski definition) is 5. The summed E-state index contributed by atoms with van der Waals surface area (Å²) in [7, 11) is -2.38. The molecule has 0 spiro atoms. The van der Waals surface area contributed by atoms with Gasteiger partial charge in [-0.2, -0.15) is 0 Å². The monoisotopic (exact) mass is 390 g/mol. The fourth-order valence-electron chi connectivity index (χ4n) is 3.15. The molecule has 1 aliphatic rings. The highest BCUT2D eigenvalue weighted by atomic mass is 32.2. The van der Waals surface area contributed by atoms with Gasteiger partial charge in [-0.25, -0.2) is 17.9 Å². The molecule has 1 heterocycles. The van der Waals surface area contributed by atoms with Gasteiger partial charge >= 0.3 is 5.97 Å². The lowest BCUT2D eigenvalue weighted by molar-refractivity contribution is 0.0474. The molecule has 3 rings (SSSR count). The highest BCUT2D eigenvalue weighted by molar-refractivity contribution is 7.89. The number of ketones is 1. The van der Waals surface area contributed by atoms with Gasteiger partial charge in [0.1, 0.15) is 0 Å². The van der Waals surface area contributed by atoms with Crippen molar-refractivity contribution in [3.63, 3.8) is 0 Å². The first-order chi connectivity index (χ1) is 12.7. The van der Waals surface area contributed by atoms with Crippen LogP contribution in [0.1, 0.15) is 51.0 Å². The Morgan fingerprint density at radius 2 is 1.93 bits per heavy atom. The van der Waals surface area contributed by atoms with Gasteiger partial charge in [-0.05, 0) is 58.0 Å². The number of carbonyl (C=O) groups is 2. The number of sulfonamides is 1. The van der Waals surface area contributed by atoms with E-state index in [0.717, 1.165) is 24.2 Å². The lowest BCUT2D eigenvalue weighted by Crippen LogP contribution is -2.19. The van der Waals surface area contributed by atoms with Crippen LogP contribution in [0.4, 0.5) is 0 Å². The lowest BCUT2D eigenvalue weighted by Gasteiger charge is -2.08. The van der Waals surface area contributed by atoms with Crippen LogP contribution in [0.5, 0.6) is 0 Å². The summed E-state index contributed by atoms with van der Waals surface area (Å²) >= 11 is 0. The van der Waals surface area contributed by atoms with E-state index < -0.39 is 22.6 Å². The largest absolute Gasteiger partial charge is 0.454 e. The Morgan fingerprint density at radius 3 is 2.56 bits per heavy atom. The van der Waals surface area contributed by atoms with Gasteiger partial charge in [-0.3, -0.25) is 4.79 Å². The normalized spacial score (nSPS) is 14.2. The van der Waals surface area contributed by atoms with E-state index in [1.165, 1.54) is 31.3 Å². The Labute approximate surface area is 158 Å². The molecular weight excluding hydrogens is 368 g/mol. The molecule has 144 valence electrons. The van der Waals surface area contributed by atoms with Crippen molar-refractivity contribution in [2.75, 3.05) is 13.7 Å². The molecule has 8 heteroatoms. The number of benzene rings is 1. The molecule has 0 radical (unpaired) electrons. The summed E-state index contributed by atoms with van der Waals surface area (Å²) in [4.78, 5) is 24.7. The zero-order chi connectivity index (χ0) is 19.8. The van der Waals surface area contributed by atoms with Gasteiger partial charge in [0.2, 0.25) is 15.8 Å². The van der Waals surface area contributed by atoms with Crippen molar-refractivity contribution < 1.29 is 22.7 Å². The maximum atomic E-state index is 12.5. The standard InChI is InChI=1S/C19H22N2O5S/c1-12-9-17(13(2)21(12)15-7-8-15)18(22)11-26-19(23)14-5-4-6-16(10-14)27(24,25)20-3/h4-6,9-10,15,20H,7-8,11H2,1-3H3. The summed E-state index contributed by atoms with van der Waals surface area (Å²) in [5.74, 6) is -1.02. The van der Waals surface area contributed by atoms with Crippen molar-refractivity contribution in [3.8, 4) is 0 Å². The number of Topliss-reactive ketones (excluding diaryl/α,β-unsaturated/α-hetero) is 1. The van der Waals surface area contributed by atoms with Gasteiger partial charge in [-0.15, -0.1) is 0 Å². The lowest BCUT2D eigenvalue weighted by atomic mass is 10.1. The van der Waals surface area contributed by atoms with Crippen molar-refractivity contribution in [1.82, 2.24) is 9.29 Å². The molecule has 2 aromatic rings. The third kappa shape index (κ3) is 3.96. The first kappa shape index (κ1) is 19.3. The maximum Gasteiger partial charge on any atom is 0.338 e. The second-order valence-electron chi connectivity index (χ2n) is 6.62. The molecular formula is C19H22N2O5S. The number of aryl methyl sites for hydroxylation is 1. The van der Waals surface area contributed by atoms with E-state index in [2.05, 4.69) is 9.29 Å². The van der Waals surface area contributed by atoms with Crippen LogP contribution in [0.2, 0.25) is 0 Å². The molecule has 27 heavy (non-hydrogen) atoms. The van der Waals surface area contributed by atoms with Crippen LogP contribution in [-0.2, 0) is 14.8 Å². The number of carbonyl (C=O) groups excluding carboxylic acids is 2. The Hall–Kier alpha value is -2.45. The maximum absolute atomic E-state index is 12.5. The van der Waals surface area contributed by atoms with Crippen molar-refractivity contribution in [2.45, 2.75) is 37.6 Å². The summed E-state index contributed by atoms with van der Waals surface area (Å²) in [5.41, 5.74) is 2.54. The Kier molecular flexibility index (Phi) is 5.21. The number of hydrogen-bond donors (Lipinski definition) is 1. The second-order valence-corrected chi connectivity index (χ2v) is 8.51. The molecule has 1 N–H and O–H groups in total. The third-order valence-corrected chi connectivity index (χ3v) is 6.09. The molecule has 0 saturated heterocycles. The number of nitrogens with one attached hydrogen (secondary N) is 1. The fraction of sp³-hybridized carbons (Fsp3) is 0.368. The minimum absolute atomic E-state index is 0.0428. The molecule has 1 fully saturated rings. The summed E-state index contributed by atoms with van der Waals surface area (Å²) in [6.45, 7) is 3.46. The SMILES string of the molecule is CNS(=O)(=O)c1cccc(C(=O)OCC(=O)c2cc(C)n(C3CC3)c2C)c1. The molecule has 1 saturated carbocycles. The van der Waals surface area contributed by atoms with E-state index in [-0.39, 0.29) is 16.2 Å². The van der Waals surface area contributed by atoms with E-state index in [1.807, 2.05) is 19.9 Å².